The smallest absolute Gasteiger partial charge is 0.160 e. The quantitative estimate of drug-likeness (QED) is 0.827. The van der Waals surface area contributed by atoms with E-state index >= 15 is 0 Å². The van der Waals surface area contributed by atoms with Gasteiger partial charge in [0.2, 0.25) is 0 Å². The minimum atomic E-state index is 0.0178. The molecule has 19 heavy (non-hydrogen) atoms. The summed E-state index contributed by atoms with van der Waals surface area (Å²) in [6.07, 6.45) is 5.03. The Bertz CT molecular complexity index is 511. The van der Waals surface area contributed by atoms with Gasteiger partial charge in [-0.3, -0.25) is 0 Å². The van der Waals surface area contributed by atoms with Crippen molar-refractivity contribution in [3.63, 3.8) is 0 Å². The first-order valence-electron chi connectivity index (χ1n) is 6.17. The summed E-state index contributed by atoms with van der Waals surface area (Å²) in [6, 6.07) is 5.88. The molecule has 0 radical (unpaired) electrons. The number of aromatic amines is 1. The monoisotopic (exact) mass is 261 g/mol. The van der Waals surface area contributed by atoms with Gasteiger partial charge >= 0.3 is 0 Å². The number of benzene rings is 1. The van der Waals surface area contributed by atoms with Gasteiger partial charge in [-0.1, -0.05) is 6.07 Å². The maximum absolute atomic E-state index is 6.13. The molecule has 3 N–H and O–H groups in total. The number of nitrogens with one attached hydrogen (secondary N) is 1. The van der Waals surface area contributed by atoms with Crippen LogP contribution in [-0.4, -0.2) is 30.2 Å². The molecular weight excluding hydrogens is 242 g/mol. The van der Waals surface area contributed by atoms with Crippen LogP contribution in [0.4, 0.5) is 0 Å². The molecule has 0 aliphatic heterocycles. The predicted molar refractivity (Wildman–Crippen MR) is 73.5 cm³/mol. The Labute approximate surface area is 112 Å². The number of ether oxygens (including phenoxy) is 2. The molecule has 0 amide bonds. The highest BCUT2D eigenvalue weighted by Gasteiger charge is 2.10. The second-order valence-electron chi connectivity index (χ2n) is 4.39. The number of rotatable bonds is 6. The van der Waals surface area contributed by atoms with E-state index in [0.717, 1.165) is 35.7 Å². The number of imidazole rings is 1. The summed E-state index contributed by atoms with van der Waals surface area (Å²) in [7, 11) is 3.25. The van der Waals surface area contributed by atoms with Crippen molar-refractivity contribution in [3.05, 3.63) is 42.0 Å². The number of H-pyrrole nitrogens is 1. The van der Waals surface area contributed by atoms with E-state index in [1.54, 1.807) is 26.6 Å². The third-order valence-electron chi connectivity index (χ3n) is 2.96. The van der Waals surface area contributed by atoms with Crippen LogP contribution >= 0.6 is 0 Å². The average molecular weight is 261 g/mol. The van der Waals surface area contributed by atoms with Gasteiger partial charge in [0, 0.05) is 24.9 Å². The van der Waals surface area contributed by atoms with Gasteiger partial charge in [-0.05, 0) is 24.1 Å². The van der Waals surface area contributed by atoms with Gasteiger partial charge in [-0.2, -0.15) is 0 Å². The number of hydrogen-bond donors (Lipinski definition) is 2. The molecule has 0 aliphatic carbocycles. The molecule has 1 aromatic carbocycles. The molecule has 0 aliphatic rings. The third kappa shape index (κ3) is 3.48. The zero-order valence-corrected chi connectivity index (χ0v) is 11.2. The fraction of sp³-hybridized carbons (Fsp3) is 0.357. The standard InChI is InChI=1S/C14H19N3O2/c1-18-12-4-3-10(8-13(12)19-2)7-11(15)9-14-16-5-6-17-14/h3-6,8,11H,7,9,15H2,1-2H3,(H,16,17). The lowest BCUT2D eigenvalue weighted by Gasteiger charge is -2.13. The van der Waals surface area contributed by atoms with Crippen LogP contribution in [0.3, 0.4) is 0 Å². The Morgan fingerprint density at radius 2 is 2.00 bits per heavy atom. The van der Waals surface area contributed by atoms with Crippen LogP contribution in [0.25, 0.3) is 0 Å². The Kier molecular flexibility index (Phi) is 4.41. The molecule has 1 aromatic heterocycles. The fourth-order valence-electron chi connectivity index (χ4n) is 2.04. The Balaban J connectivity index is 2.02. The van der Waals surface area contributed by atoms with Crippen LogP contribution in [0.5, 0.6) is 11.5 Å². The SMILES string of the molecule is COc1ccc(CC(N)Cc2ncc[nH]2)cc1OC. The Hall–Kier alpha value is -2.01. The molecule has 5 nitrogen and oxygen atoms in total. The molecule has 1 heterocycles. The highest BCUT2D eigenvalue weighted by Crippen LogP contribution is 2.27. The summed E-state index contributed by atoms with van der Waals surface area (Å²) in [5, 5.41) is 0. The minimum Gasteiger partial charge on any atom is -0.493 e. The van der Waals surface area contributed by atoms with Crippen molar-refractivity contribution in [2.45, 2.75) is 18.9 Å². The second-order valence-corrected chi connectivity index (χ2v) is 4.39. The predicted octanol–water partition coefficient (Wildman–Crippen LogP) is 1.54. The summed E-state index contributed by atoms with van der Waals surface area (Å²) >= 11 is 0. The summed E-state index contributed by atoms with van der Waals surface area (Å²) in [4.78, 5) is 7.24. The summed E-state index contributed by atoms with van der Waals surface area (Å²) in [6.45, 7) is 0. The van der Waals surface area contributed by atoms with Gasteiger partial charge in [0.05, 0.1) is 14.2 Å². The molecule has 0 saturated carbocycles. The lowest BCUT2D eigenvalue weighted by Crippen LogP contribution is -2.26. The van der Waals surface area contributed by atoms with Crippen LogP contribution < -0.4 is 15.2 Å². The lowest BCUT2D eigenvalue weighted by molar-refractivity contribution is 0.354. The number of nitrogens with two attached hydrogens (primary N) is 1. The molecule has 0 spiro atoms. The Morgan fingerprint density at radius 3 is 2.63 bits per heavy atom. The first-order chi connectivity index (χ1) is 9.22. The first kappa shape index (κ1) is 13.4. The van der Waals surface area contributed by atoms with Crippen molar-refractivity contribution in [2.75, 3.05) is 14.2 Å². The maximum Gasteiger partial charge on any atom is 0.160 e. The average Bonchev–Trinajstić information content (AvgIpc) is 2.91. The summed E-state index contributed by atoms with van der Waals surface area (Å²) in [5.74, 6) is 2.36. The molecule has 2 rings (SSSR count). The Morgan fingerprint density at radius 1 is 1.21 bits per heavy atom. The van der Waals surface area contributed by atoms with E-state index in [1.165, 1.54) is 0 Å². The van der Waals surface area contributed by atoms with E-state index in [2.05, 4.69) is 9.97 Å². The molecule has 2 aromatic rings. The largest absolute Gasteiger partial charge is 0.493 e. The topological polar surface area (TPSA) is 73.2 Å². The number of aromatic nitrogens is 2. The van der Waals surface area contributed by atoms with Crippen LogP contribution in [0.2, 0.25) is 0 Å². The van der Waals surface area contributed by atoms with Crippen molar-refractivity contribution >= 4 is 0 Å². The third-order valence-corrected chi connectivity index (χ3v) is 2.96. The summed E-state index contributed by atoms with van der Waals surface area (Å²) < 4.78 is 10.5. The van der Waals surface area contributed by atoms with Crippen LogP contribution in [0, 0.1) is 0 Å². The van der Waals surface area contributed by atoms with Crippen molar-refractivity contribution in [1.29, 1.82) is 0 Å². The molecule has 0 bridgehead atoms. The van der Waals surface area contributed by atoms with Gasteiger partial charge in [-0.15, -0.1) is 0 Å². The van der Waals surface area contributed by atoms with E-state index in [-0.39, 0.29) is 6.04 Å². The van der Waals surface area contributed by atoms with E-state index in [9.17, 15) is 0 Å². The number of nitrogens with zero attached hydrogens (tertiary/aromatic N) is 1. The molecule has 102 valence electrons. The van der Waals surface area contributed by atoms with Crippen molar-refractivity contribution < 1.29 is 9.47 Å². The maximum atomic E-state index is 6.13. The molecule has 1 unspecified atom stereocenters. The molecule has 1 atom stereocenters. The van der Waals surface area contributed by atoms with Gasteiger partial charge in [-0.25, -0.2) is 4.98 Å². The summed E-state index contributed by atoms with van der Waals surface area (Å²) in [5.41, 5.74) is 7.25. The molecule has 5 heteroatoms. The molecular formula is C14H19N3O2. The molecule has 0 fully saturated rings. The van der Waals surface area contributed by atoms with Crippen LogP contribution in [-0.2, 0) is 12.8 Å². The van der Waals surface area contributed by atoms with E-state index in [1.807, 2.05) is 18.2 Å². The number of methoxy groups -OCH3 is 2. The van der Waals surface area contributed by atoms with Crippen molar-refractivity contribution in [1.82, 2.24) is 9.97 Å². The minimum absolute atomic E-state index is 0.0178. The van der Waals surface area contributed by atoms with E-state index in [0.29, 0.717) is 0 Å². The van der Waals surface area contributed by atoms with E-state index < -0.39 is 0 Å². The van der Waals surface area contributed by atoms with Gasteiger partial charge in [0.25, 0.3) is 0 Å². The van der Waals surface area contributed by atoms with Crippen LogP contribution in [0.1, 0.15) is 11.4 Å². The zero-order valence-electron chi connectivity index (χ0n) is 11.2. The van der Waals surface area contributed by atoms with Gasteiger partial charge < -0.3 is 20.2 Å². The lowest BCUT2D eigenvalue weighted by atomic mass is 10.0. The van der Waals surface area contributed by atoms with Gasteiger partial charge in [0.15, 0.2) is 11.5 Å². The van der Waals surface area contributed by atoms with E-state index in [4.69, 9.17) is 15.2 Å². The second kappa shape index (κ2) is 6.24. The highest BCUT2D eigenvalue weighted by atomic mass is 16.5. The highest BCUT2D eigenvalue weighted by molar-refractivity contribution is 5.43. The molecule has 0 saturated heterocycles. The van der Waals surface area contributed by atoms with Crippen molar-refractivity contribution in [3.8, 4) is 11.5 Å². The number of hydrogen-bond acceptors (Lipinski definition) is 4. The zero-order chi connectivity index (χ0) is 13.7. The first-order valence-corrected chi connectivity index (χ1v) is 6.17. The van der Waals surface area contributed by atoms with Crippen LogP contribution in [0.15, 0.2) is 30.6 Å². The fourth-order valence-corrected chi connectivity index (χ4v) is 2.04. The van der Waals surface area contributed by atoms with Crippen molar-refractivity contribution in [2.24, 2.45) is 5.73 Å². The normalized spacial score (nSPS) is 12.2. The van der Waals surface area contributed by atoms with Gasteiger partial charge in [0.1, 0.15) is 5.82 Å².